The van der Waals surface area contributed by atoms with Gasteiger partial charge in [-0.15, -0.1) is 0 Å². The largest absolute Gasteiger partial charge is 0.474 e. The van der Waals surface area contributed by atoms with E-state index in [0.29, 0.717) is 29.0 Å². The van der Waals surface area contributed by atoms with E-state index in [-0.39, 0.29) is 11.7 Å². The third-order valence-corrected chi connectivity index (χ3v) is 6.90. The SMILES string of the molecule is C[C@@H]1CCC[C@H](C)N1c1ccc(N2C(=O)C(c3cccc(C(=N)N)c3)Oc3ccccc32)cc1. The van der Waals surface area contributed by atoms with Crippen LogP contribution in [-0.4, -0.2) is 23.8 Å². The fourth-order valence-electron chi connectivity index (χ4n) is 5.21. The molecular weight excluding hydrogens is 424 g/mol. The first kappa shape index (κ1) is 22.0. The Labute approximate surface area is 200 Å². The molecule has 3 aromatic carbocycles. The number of benzene rings is 3. The fraction of sp³-hybridized carbons (Fsp3) is 0.286. The highest BCUT2D eigenvalue weighted by Crippen LogP contribution is 2.43. The summed E-state index contributed by atoms with van der Waals surface area (Å²) in [6.45, 7) is 4.57. The number of hydrogen-bond donors (Lipinski definition) is 2. The third-order valence-electron chi connectivity index (χ3n) is 6.90. The topological polar surface area (TPSA) is 82.7 Å². The number of ether oxygens (including phenoxy) is 1. The van der Waals surface area contributed by atoms with Crippen molar-refractivity contribution in [3.63, 3.8) is 0 Å². The summed E-state index contributed by atoms with van der Waals surface area (Å²) < 4.78 is 6.15. The van der Waals surface area contributed by atoms with Crippen LogP contribution in [0.15, 0.2) is 72.8 Å². The fourth-order valence-corrected chi connectivity index (χ4v) is 5.21. The van der Waals surface area contributed by atoms with E-state index in [1.165, 1.54) is 24.9 Å². The molecule has 1 amide bonds. The van der Waals surface area contributed by atoms with Crippen LogP contribution in [0.1, 0.15) is 50.3 Å². The second kappa shape index (κ2) is 8.86. The van der Waals surface area contributed by atoms with Crippen LogP contribution in [0, 0.1) is 5.41 Å². The number of nitrogens with zero attached hydrogens (tertiary/aromatic N) is 2. The normalized spacial score (nSPS) is 22.2. The van der Waals surface area contributed by atoms with Crippen molar-refractivity contribution >= 4 is 28.8 Å². The Bertz CT molecular complexity index is 1210. The van der Waals surface area contributed by atoms with Gasteiger partial charge < -0.3 is 15.4 Å². The number of para-hydroxylation sites is 2. The number of fused-ring (bicyclic) bond motifs is 1. The highest BCUT2D eigenvalue weighted by atomic mass is 16.5. The summed E-state index contributed by atoms with van der Waals surface area (Å²) in [4.78, 5) is 18.0. The second-order valence-electron chi connectivity index (χ2n) is 9.23. The van der Waals surface area contributed by atoms with Gasteiger partial charge in [0.2, 0.25) is 6.10 Å². The average molecular weight is 455 g/mol. The van der Waals surface area contributed by atoms with Crippen LogP contribution >= 0.6 is 0 Å². The number of amides is 1. The lowest BCUT2D eigenvalue weighted by Crippen LogP contribution is -2.43. The smallest absolute Gasteiger partial charge is 0.277 e. The van der Waals surface area contributed by atoms with E-state index in [1.807, 2.05) is 42.5 Å². The zero-order chi connectivity index (χ0) is 23.8. The maximum absolute atomic E-state index is 13.8. The lowest BCUT2D eigenvalue weighted by Gasteiger charge is -2.41. The molecular formula is C28H30N4O2. The summed E-state index contributed by atoms with van der Waals surface area (Å²) in [6, 6.07) is 24.0. The Morgan fingerprint density at radius 2 is 1.62 bits per heavy atom. The number of amidine groups is 1. The van der Waals surface area contributed by atoms with Gasteiger partial charge in [-0.3, -0.25) is 15.1 Å². The molecule has 0 saturated carbocycles. The van der Waals surface area contributed by atoms with Crippen molar-refractivity contribution in [2.75, 3.05) is 9.80 Å². The van der Waals surface area contributed by atoms with Gasteiger partial charge in [0.15, 0.2) is 0 Å². The molecule has 2 aliphatic rings. The van der Waals surface area contributed by atoms with E-state index < -0.39 is 6.10 Å². The first-order chi connectivity index (χ1) is 16.4. The molecule has 0 spiro atoms. The molecule has 3 aromatic rings. The number of piperidine rings is 1. The number of nitrogens with two attached hydrogens (primary N) is 1. The van der Waals surface area contributed by atoms with Crippen LogP contribution < -0.4 is 20.3 Å². The van der Waals surface area contributed by atoms with Gasteiger partial charge in [0, 0.05) is 34.6 Å². The van der Waals surface area contributed by atoms with Crippen molar-refractivity contribution in [3.8, 4) is 5.75 Å². The van der Waals surface area contributed by atoms with Gasteiger partial charge in [0.1, 0.15) is 11.6 Å². The van der Waals surface area contributed by atoms with Crippen LogP contribution in [0.4, 0.5) is 17.1 Å². The summed E-state index contributed by atoms with van der Waals surface area (Å²) in [5.41, 5.74) is 9.62. The Morgan fingerprint density at radius 1 is 0.941 bits per heavy atom. The van der Waals surface area contributed by atoms with Crippen molar-refractivity contribution < 1.29 is 9.53 Å². The Hall–Kier alpha value is -3.80. The van der Waals surface area contributed by atoms with Gasteiger partial charge in [-0.2, -0.15) is 0 Å². The van der Waals surface area contributed by atoms with E-state index in [9.17, 15) is 4.79 Å². The van der Waals surface area contributed by atoms with Gasteiger partial charge in [-0.25, -0.2) is 0 Å². The third kappa shape index (κ3) is 3.89. The molecule has 1 fully saturated rings. The predicted molar refractivity (Wildman–Crippen MR) is 136 cm³/mol. The molecule has 0 radical (unpaired) electrons. The lowest BCUT2D eigenvalue weighted by molar-refractivity contribution is -0.125. The van der Waals surface area contributed by atoms with E-state index in [4.69, 9.17) is 15.9 Å². The van der Waals surface area contributed by atoms with Gasteiger partial charge >= 0.3 is 0 Å². The standard InChI is InChI=1S/C28H30N4O2/c1-18-7-5-8-19(2)31(18)22-13-15-23(16-14-22)32-24-11-3-4-12-25(24)34-26(28(32)33)20-9-6-10-21(17-20)27(29)30/h3-4,6,9-19,26H,5,7-8H2,1-2H3,(H3,29,30)/t18-,19+,26?. The molecule has 0 aromatic heterocycles. The number of hydrogen-bond acceptors (Lipinski definition) is 4. The molecule has 0 aliphatic carbocycles. The zero-order valence-corrected chi connectivity index (χ0v) is 19.6. The van der Waals surface area contributed by atoms with E-state index in [1.54, 1.807) is 23.1 Å². The molecule has 3 atom stereocenters. The summed E-state index contributed by atoms with van der Waals surface area (Å²) in [5.74, 6) is 0.425. The number of carbonyl (C=O) groups is 1. The minimum atomic E-state index is -0.823. The summed E-state index contributed by atoms with van der Waals surface area (Å²) in [7, 11) is 0. The molecule has 5 rings (SSSR count). The highest BCUT2D eigenvalue weighted by molar-refractivity contribution is 6.06. The van der Waals surface area contributed by atoms with Crippen LogP contribution in [0.5, 0.6) is 5.75 Å². The molecule has 6 heteroatoms. The van der Waals surface area contributed by atoms with Crippen LogP contribution in [0.3, 0.4) is 0 Å². The molecule has 6 nitrogen and oxygen atoms in total. The molecule has 3 N–H and O–H groups in total. The first-order valence-electron chi connectivity index (χ1n) is 11.9. The summed E-state index contributed by atoms with van der Waals surface area (Å²) in [6.07, 6.45) is 2.84. The van der Waals surface area contributed by atoms with E-state index in [0.717, 1.165) is 11.4 Å². The van der Waals surface area contributed by atoms with Crippen LogP contribution in [0.2, 0.25) is 0 Å². The van der Waals surface area contributed by atoms with Crippen molar-refractivity contribution in [2.45, 2.75) is 51.3 Å². The highest BCUT2D eigenvalue weighted by Gasteiger charge is 2.36. The molecule has 2 aliphatic heterocycles. The monoisotopic (exact) mass is 454 g/mol. The maximum Gasteiger partial charge on any atom is 0.277 e. The molecule has 34 heavy (non-hydrogen) atoms. The Morgan fingerprint density at radius 3 is 2.32 bits per heavy atom. The molecule has 0 bridgehead atoms. The lowest BCUT2D eigenvalue weighted by atomic mass is 9.96. The second-order valence-corrected chi connectivity index (χ2v) is 9.23. The average Bonchev–Trinajstić information content (AvgIpc) is 2.84. The Balaban J connectivity index is 1.52. The predicted octanol–water partition coefficient (Wildman–Crippen LogP) is 5.54. The van der Waals surface area contributed by atoms with Crippen LogP contribution in [-0.2, 0) is 4.79 Å². The van der Waals surface area contributed by atoms with E-state index in [2.05, 4.69) is 30.9 Å². The quantitative estimate of drug-likeness (QED) is 0.401. The maximum atomic E-state index is 13.8. The van der Waals surface area contributed by atoms with E-state index >= 15 is 0 Å². The van der Waals surface area contributed by atoms with Gasteiger partial charge in [0.25, 0.3) is 5.91 Å². The minimum absolute atomic E-state index is 0.0425. The number of nitrogens with one attached hydrogen (secondary N) is 1. The van der Waals surface area contributed by atoms with Gasteiger partial charge in [0.05, 0.1) is 5.69 Å². The molecule has 1 saturated heterocycles. The Kier molecular flexibility index (Phi) is 5.74. The first-order valence-corrected chi connectivity index (χ1v) is 11.9. The number of nitrogen functional groups attached to an aromatic ring is 1. The van der Waals surface area contributed by atoms with Crippen LogP contribution in [0.25, 0.3) is 0 Å². The molecule has 174 valence electrons. The van der Waals surface area contributed by atoms with Crippen molar-refractivity contribution in [1.82, 2.24) is 0 Å². The molecule has 2 heterocycles. The summed E-state index contributed by atoms with van der Waals surface area (Å²) >= 11 is 0. The summed E-state index contributed by atoms with van der Waals surface area (Å²) in [5, 5.41) is 7.76. The number of anilines is 3. The minimum Gasteiger partial charge on any atom is -0.474 e. The zero-order valence-electron chi connectivity index (χ0n) is 19.6. The molecule has 1 unspecified atom stereocenters. The van der Waals surface area contributed by atoms with Gasteiger partial charge in [-0.1, -0.05) is 30.3 Å². The van der Waals surface area contributed by atoms with Gasteiger partial charge in [-0.05, 0) is 75.6 Å². The van der Waals surface area contributed by atoms with Crippen molar-refractivity contribution in [1.29, 1.82) is 5.41 Å². The number of rotatable bonds is 4. The van der Waals surface area contributed by atoms with Crippen molar-refractivity contribution in [2.24, 2.45) is 5.73 Å². The van der Waals surface area contributed by atoms with Crippen molar-refractivity contribution in [3.05, 3.63) is 83.9 Å². The number of carbonyl (C=O) groups excluding carboxylic acids is 1.